The van der Waals surface area contributed by atoms with Crippen LogP contribution in [0.15, 0.2) is 0 Å². The van der Waals surface area contributed by atoms with Crippen molar-refractivity contribution in [2.24, 2.45) is 5.92 Å². The van der Waals surface area contributed by atoms with Gasteiger partial charge in [-0.2, -0.15) is 0 Å². The van der Waals surface area contributed by atoms with Crippen molar-refractivity contribution in [3.63, 3.8) is 0 Å². The Kier molecular flexibility index (Phi) is 5.98. The zero-order valence-electron chi connectivity index (χ0n) is 7.60. The third-order valence-corrected chi connectivity index (χ3v) is 2.17. The maximum Gasteiger partial charge on any atom is 0.00671 e. The normalized spacial score (nSPS) is 18.8. The summed E-state index contributed by atoms with van der Waals surface area (Å²) in [5.74, 6) is 0.806. The number of rotatable bonds is 3. The SMILES string of the molecule is CC(C)CNC1CCCC1.Cl. The fourth-order valence-electron chi connectivity index (χ4n) is 1.53. The standard InChI is InChI=1S/C9H19N.ClH/c1-8(2)7-10-9-5-3-4-6-9;/h8-10H,3-7H2,1-2H3;1H. The Balaban J connectivity index is 0.000001000. The topological polar surface area (TPSA) is 12.0 Å². The molecule has 0 unspecified atom stereocenters. The molecular weight excluding hydrogens is 158 g/mol. The highest BCUT2D eigenvalue weighted by Crippen LogP contribution is 2.17. The highest BCUT2D eigenvalue weighted by Gasteiger charge is 2.13. The highest BCUT2D eigenvalue weighted by atomic mass is 35.5. The van der Waals surface area contributed by atoms with Crippen LogP contribution in [-0.2, 0) is 0 Å². The van der Waals surface area contributed by atoms with Crippen LogP contribution in [0.2, 0.25) is 0 Å². The highest BCUT2D eigenvalue weighted by molar-refractivity contribution is 5.85. The van der Waals surface area contributed by atoms with Crippen LogP contribution in [0.4, 0.5) is 0 Å². The Bertz CT molecular complexity index is 87.6. The van der Waals surface area contributed by atoms with Crippen LogP contribution in [0, 0.1) is 5.92 Å². The minimum Gasteiger partial charge on any atom is -0.314 e. The molecule has 0 bridgehead atoms. The first kappa shape index (κ1) is 11.2. The first-order valence-corrected chi connectivity index (χ1v) is 4.52. The smallest absolute Gasteiger partial charge is 0.00671 e. The summed E-state index contributed by atoms with van der Waals surface area (Å²) in [6.07, 6.45) is 5.70. The van der Waals surface area contributed by atoms with E-state index in [0.717, 1.165) is 12.0 Å². The molecule has 68 valence electrons. The summed E-state index contributed by atoms with van der Waals surface area (Å²) in [7, 11) is 0. The van der Waals surface area contributed by atoms with Gasteiger partial charge in [0.2, 0.25) is 0 Å². The lowest BCUT2D eigenvalue weighted by Gasteiger charge is -2.13. The van der Waals surface area contributed by atoms with Gasteiger partial charge in [0.05, 0.1) is 0 Å². The van der Waals surface area contributed by atoms with Gasteiger partial charge in [0.1, 0.15) is 0 Å². The van der Waals surface area contributed by atoms with Gasteiger partial charge in [-0.05, 0) is 25.3 Å². The summed E-state index contributed by atoms with van der Waals surface area (Å²) < 4.78 is 0. The first-order chi connectivity index (χ1) is 4.79. The quantitative estimate of drug-likeness (QED) is 0.699. The average molecular weight is 178 g/mol. The van der Waals surface area contributed by atoms with Gasteiger partial charge in [0.25, 0.3) is 0 Å². The number of hydrogen-bond donors (Lipinski definition) is 1. The minimum absolute atomic E-state index is 0. The van der Waals surface area contributed by atoms with Crippen LogP contribution in [0.25, 0.3) is 0 Å². The second kappa shape index (κ2) is 5.84. The van der Waals surface area contributed by atoms with Crippen LogP contribution in [0.5, 0.6) is 0 Å². The molecule has 0 spiro atoms. The predicted octanol–water partition coefficient (Wildman–Crippen LogP) is 2.60. The van der Waals surface area contributed by atoms with Gasteiger partial charge in [-0.15, -0.1) is 12.4 Å². The van der Waals surface area contributed by atoms with Crippen LogP contribution in [0.3, 0.4) is 0 Å². The zero-order chi connectivity index (χ0) is 7.40. The molecule has 0 aromatic carbocycles. The molecule has 1 nitrogen and oxygen atoms in total. The molecule has 0 aliphatic heterocycles. The van der Waals surface area contributed by atoms with Crippen molar-refractivity contribution in [2.45, 2.75) is 45.6 Å². The summed E-state index contributed by atoms with van der Waals surface area (Å²) in [6, 6.07) is 0.849. The van der Waals surface area contributed by atoms with Crippen molar-refractivity contribution in [2.75, 3.05) is 6.54 Å². The van der Waals surface area contributed by atoms with Crippen LogP contribution >= 0.6 is 12.4 Å². The Hall–Kier alpha value is 0.250. The summed E-state index contributed by atoms with van der Waals surface area (Å²) in [5.41, 5.74) is 0. The fourth-order valence-corrected chi connectivity index (χ4v) is 1.53. The largest absolute Gasteiger partial charge is 0.314 e. The second-order valence-electron chi connectivity index (χ2n) is 3.78. The van der Waals surface area contributed by atoms with Gasteiger partial charge in [-0.25, -0.2) is 0 Å². The number of halogens is 1. The monoisotopic (exact) mass is 177 g/mol. The van der Waals surface area contributed by atoms with E-state index in [-0.39, 0.29) is 12.4 Å². The molecule has 1 saturated carbocycles. The molecule has 0 saturated heterocycles. The summed E-state index contributed by atoms with van der Waals surface area (Å²) in [5, 5.41) is 3.58. The summed E-state index contributed by atoms with van der Waals surface area (Å²) >= 11 is 0. The first-order valence-electron chi connectivity index (χ1n) is 4.52. The van der Waals surface area contributed by atoms with Gasteiger partial charge in [0, 0.05) is 6.04 Å². The van der Waals surface area contributed by atoms with Crippen LogP contribution in [0.1, 0.15) is 39.5 Å². The van der Waals surface area contributed by atoms with E-state index < -0.39 is 0 Å². The number of nitrogens with one attached hydrogen (secondary N) is 1. The van der Waals surface area contributed by atoms with Crippen LogP contribution in [-0.4, -0.2) is 12.6 Å². The van der Waals surface area contributed by atoms with E-state index in [1.165, 1.54) is 32.2 Å². The molecule has 1 N–H and O–H groups in total. The molecule has 0 heterocycles. The third kappa shape index (κ3) is 4.65. The van der Waals surface area contributed by atoms with E-state index in [4.69, 9.17) is 0 Å². The fraction of sp³-hybridized carbons (Fsp3) is 1.00. The zero-order valence-corrected chi connectivity index (χ0v) is 8.41. The Morgan fingerprint density at radius 1 is 1.27 bits per heavy atom. The van der Waals surface area contributed by atoms with Gasteiger partial charge < -0.3 is 5.32 Å². The van der Waals surface area contributed by atoms with Crippen molar-refractivity contribution >= 4 is 12.4 Å². The van der Waals surface area contributed by atoms with Gasteiger partial charge in [-0.3, -0.25) is 0 Å². The van der Waals surface area contributed by atoms with E-state index in [1.54, 1.807) is 0 Å². The lowest BCUT2D eigenvalue weighted by molar-refractivity contribution is 0.469. The molecular formula is C9H20ClN. The third-order valence-electron chi connectivity index (χ3n) is 2.17. The minimum atomic E-state index is 0. The van der Waals surface area contributed by atoms with Gasteiger partial charge >= 0.3 is 0 Å². The van der Waals surface area contributed by atoms with Crippen molar-refractivity contribution in [1.82, 2.24) is 5.32 Å². The molecule has 0 aromatic heterocycles. The average Bonchev–Trinajstić information content (AvgIpc) is 2.34. The molecule has 1 rings (SSSR count). The molecule has 11 heavy (non-hydrogen) atoms. The van der Waals surface area contributed by atoms with Crippen molar-refractivity contribution < 1.29 is 0 Å². The lowest BCUT2D eigenvalue weighted by Crippen LogP contribution is -2.29. The van der Waals surface area contributed by atoms with Gasteiger partial charge in [-0.1, -0.05) is 26.7 Å². The van der Waals surface area contributed by atoms with E-state index in [9.17, 15) is 0 Å². The van der Waals surface area contributed by atoms with Crippen molar-refractivity contribution in [1.29, 1.82) is 0 Å². The van der Waals surface area contributed by atoms with Gasteiger partial charge in [0.15, 0.2) is 0 Å². The summed E-state index contributed by atoms with van der Waals surface area (Å²) in [4.78, 5) is 0. The van der Waals surface area contributed by atoms with E-state index in [0.29, 0.717) is 0 Å². The molecule has 0 amide bonds. The van der Waals surface area contributed by atoms with Crippen LogP contribution < -0.4 is 5.32 Å². The molecule has 1 fully saturated rings. The maximum atomic E-state index is 3.58. The molecule has 2 heteroatoms. The Morgan fingerprint density at radius 2 is 1.82 bits per heavy atom. The summed E-state index contributed by atoms with van der Waals surface area (Å²) in [6.45, 7) is 5.73. The Morgan fingerprint density at radius 3 is 2.27 bits per heavy atom. The van der Waals surface area contributed by atoms with E-state index in [1.807, 2.05) is 0 Å². The van der Waals surface area contributed by atoms with Crippen molar-refractivity contribution in [3.05, 3.63) is 0 Å². The van der Waals surface area contributed by atoms with Crippen molar-refractivity contribution in [3.8, 4) is 0 Å². The molecule has 0 atom stereocenters. The predicted molar refractivity (Wildman–Crippen MR) is 52.3 cm³/mol. The van der Waals surface area contributed by atoms with E-state index in [2.05, 4.69) is 19.2 Å². The molecule has 0 radical (unpaired) electrons. The molecule has 1 aliphatic rings. The Labute approximate surface area is 76.4 Å². The molecule has 1 aliphatic carbocycles. The second-order valence-corrected chi connectivity index (χ2v) is 3.78. The number of hydrogen-bond acceptors (Lipinski definition) is 1. The van der Waals surface area contributed by atoms with E-state index >= 15 is 0 Å². The lowest BCUT2D eigenvalue weighted by atomic mass is 10.2. The molecule has 0 aromatic rings. The maximum absolute atomic E-state index is 3.58.